The third-order valence-corrected chi connectivity index (χ3v) is 1.33. The topological polar surface area (TPSA) is 80.0 Å². The van der Waals surface area contributed by atoms with Crippen LogP contribution in [-0.4, -0.2) is 37.5 Å². The van der Waals surface area contributed by atoms with Crippen LogP contribution < -0.4 is 11.5 Å². The van der Waals surface area contributed by atoms with E-state index in [2.05, 4.69) is 16.9 Å². The normalized spacial score (nSPS) is 11.1. The van der Waals surface area contributed by atoms with Gasteiger partial charge in [-0.1, -0.05) is 6.92 Å². The summed E-state index contributed by atoms with van der Waals surface area (Å²) in [5.41, 5.74) is 10.4. The van der Waals surface area contributed by atoms with Gasteiger partial charge in [0, 0.05) is 20.6 Å². The van der Waals surface area contributed by atoms with E-state index in [0.717, 1.165) is 13.0 Å². The molecule has 5 heteroatoms. The zero-order chi connectivity index (χ0) is 9.56. The molecule has 0 spiro atoms. The monoisotopic (exact) mass is 171 g/mol. The van der Waals surface area contributed by atoms with Gasteiger partial charge in [-0.3, -0.25) is 4.99 Å². The van der Waals surface area contributed by atoms with Gasteiger partial charge in [0.05, 0.1) is 0 Å². The summed E-state index contributed by atoms with van der Waals surface area (Å²) < 4.78 is 0. The molecule has 0 fully saturated rings. The standard InChI is InChI=1S/C7H17N5/c1-4-5-12(3)7(10-2)11-6(8)9/h4-5H2,1-3H3,(H4,8,9,10,11). The Labute approximate surface area is 73.2 Å². The predicted molar refractivity (Wildman–Crippen MR) is 52.1 cm³/mol. The summed E-state index contributed by atoms with van der Waals surface area (Å²) in [5, 5.41) is 0. The summed E-state index contributed by atoms with van der Waals surface area (Å²) in [6.07, 6.45) is 1.04. The first-order valence-electron chi connectivity index (χ1n) is 3.89. The van der Waals surface area contributed by atoms with Crippen molar-refractivity contribution in [3.05, 3.63) is 0 Å². The lowest BCUT2D eigenvalue weighted by Crippen LogP contribution is -2.31. The summed E-state index contributed by atoms with van der Waals surface area (Å²) in [6.45, 7) is 2.97. The molecule has 0 atom stereocenters. The molecule has 0 aromatic rings. The fourth-order valence-electron chi connectivity index (χ4n) is 0.857. The molecule has 0 amide bonds. The first-order chi connectivity index (χ1) is 5.61. The van der Waals surface area contributed by atoms with Gasteiger partial charge in [-0.25, -0.2) is 0 Å². The van der Waals surface area contributed by atoms with Crippen molar-refractivity contribution in [1.29, 1.82) is 0 Å². The maximum Gasteiger partial charge on any atom is 0.223 e. The van der Waals surface area contributed by atoms with Crippen molar-refractivity contribution in [1.82, 2.24) is 4.90 Å². The maximum absolute atomic E-state index is 5.22. The van der Waals surface area contributed by atoms with Gasteiger partial charge in [-0.2, -0.15) is 4.99 Å². The molecule has 12 heavy (non-hydrogen) atoms. The van der Waals surface area contributed by atoms with E-state index in [0.29, 0.717) is 5.96 Å². The van der Waals surface area contributed by atoms with Gasteiger partial charge in [0.2, 0.25) is 5.96 Å². The van der Waals surface area contributed by atoms with Crippen LogP contribution >= 0.6 is 0 Å². The van der Waals surface area contributed by atoms with E-state index in [1.807, 2.05) is 11.9 Å². The lowest BCUT2D eigenvalue weighted by atomic mass is 10.4. The number of aliphatic imine (C=N–C) groups is 2. The summed E-state index contributed by atoms with van der Waals surface area (Å²) in [5.74, 6) is 0.607. The van der Waals surface area contributed by atoms with Gasteiger partial charge >= 0.3 is 0 Å². The maximum atomic E-state index is 5.22. The van der Waals surface area contributed by atoms with Gasteiger partial charge in [0.1, 0.15) is 0 Å². The molecule has 0 aromatic carbocycles. The van der Waals surface area contributed by atoms with Crippen molar-refractivity contribution in [2.75, 3.05) is 20.6 Å². The molecule has 70 valence electrons. The zero-order valence-electron chi connectivity index (χ0n) is 7.91. The third kappa shape index (κ3) is 3.80. The molecule has 0 unspecified atom stereocenters. The quantitative estimate of drug-likeness (QED) is 0.437. The molecular weight excluding hydrogens is 154 g/mol. The molecule has 0 rings (SSSR count). The summed E-state index contributed by atoms with van der Waals surface area (Å²) in [6, 6.07) is 0. The Balaban J connectivity index is 4.27. The molecule has 0 bridgehead atoms. The number of nitrogens with zero attached hydrogens (tertiary/aromatic N) is 3. The molecule has 0 aliphatic heterocycles. The van der Waals surface area contributed by atoms with Crippen LogP contribution in [-0.2, 0) is 0 Å². The minimum absolute atomic E-state index is 0.0403. The van der Waals surface area contributed by atoms with E-state index >= 15 is 0 Å². The molecule has 5 nitrogen and oxygen atoms in total. The average molecular weight is 171 g/mol. The van der Waals surface area contributed by atoms with Crippen molar-refractivity contribution in [3.8, 4) is 0 Å². The number of nitrogens with two attached hydrogens (primary N) is 2. The van der Waals surface area contributed by atoms with Crippen LogP contribution in [0.4, 0.5) is 0 Å². The third-order valence-electron chi connectivity index (χ3n) is 1.33. The Bertz CT molecular complexity index is 180. The summed E-state index contributed by atoms with van der Waals surface area (Å²) >= 11 is 0. The Morgan fingerprint density at radius 1 is 1.42 bits per heavy atom. The molecule has 0 saturated carbocycles. The molecule has 0 saturated heterocycles. The Morgan fingerprint density at radius 3 is 2.33 bits per heavy atom. The SMILES string of the molecule is CCCN(C)C(N=C(N)N)=NC. The minimum Gasteiger partial charge on any atom is -0.370 e. The molecule has 0 aliphatic carbocycles. The lowest BCUT2D eigenvalue weighted by molar-refractivity contribution is 0.495. The van der Waals surface area contributed by atoms with E-state index in [1.165, 1.54) is 0 Å². The number of rotatable bonds is 2. The minimum atomic E-state index is 0.0403. The van der Waals surface area contributed by atoms with Crippen molar-refractivity contribution < 1.29 is 0 Å². The van der Waals surface area contributed by atoms with E-state index in [9.17, 15) is 0 Å². The highest BCUT2D eigenvalue weighted by Crippen LogP contribution is 1.91. The van der Waals surface area contributed by atoms with Crippen LogP contribution in [0.1, 0.15) is 13.3 Å². The van der Waals surface area contributed by atoms with Gasteiger partial charge < -0.3 is 16.4 Å². The fourth-order valence-corrected chi connectivity index (χ4v) is 0.857. The first kappa shape index (κ1) is 10.7. The van der Waals surface area contributed by atoms with Crippen molar-refractivity contribution in [2.24, 2.45) is 21.5 Å². The van der Waals surface area contributed by atoms with E-state index in [-0.39, 0.29) is 5.96 Å². The summed E-state index contributed by atoms with van der Waals surface area (Å²) in [7, 11) is 3.56. The molecule has 0 aliphatic rings. The van der Waals surface area contributed by atoms with Crippen molar-refractivity contribution in [3.63, 3.8) is 0 Å². The Hall–Kier alpha value is -1.26. The Morgan fingerprint density at radius 2 is 2.00 bits per heavy atom. The molecule has 0 aromatic heterocycles. The van der Waals surface area contributed by atoms with Crippen LogP contribution in [0.15, 0.2) is 9.98 Å². The smallest absolute Gasteiger partial charge is 0.223 e. The molecule has 0 heterocycles. The molecule has 4 N–H and O–H groups in total. The first-order valence-corrected chi connectivity index (χ1v) is 3.89. The van der Waals surface area contributed by atoms with Gasteiger partial charge in [-0.15, -0.1) is 0 Å². The van der Waals surface area contributed by atoms with Crippen LogP contribution in [0.3, 0.4) is 0 Å². The highest BCUT2D eigenvalue weighted by Gasteiger charge is 2.01. The van der Waals surface area contributed by atoms with Gasteiger partial charge in [0.25, 0.3) is 0 Å². The van der Waals surface area contributed by atoms with Crippen LogP contribution in [0.2, 0.25) is 0 Å². The average Bonchev–Trinajstić information content (AvgIpc) is 2.00. The second kappa shape index (κ2) is 5.40. The second-order valence-corrected chi connectivity index (χ2v) is 2.48. The number of guanidine groups is 2. The lowest BCUT2D eigenvalue weighted by Gasteiger charge is -2.16. The van der Waals surface area contributed by atoms with Crippen molar-refractivity contribution in [2.45, 2.75) is 13.3 Å². The number of hydrogen-bond donors (Lipinski definition) is 2. The fraction of sp³-hybridized carbons (Fsp3) is 0.714. The van der Waals surface area contributed by atoms with Crippen molar-refractivity contribution >= 4 is 11.9 Å². The van der Waals surface area contributed by atoms with Crippen LogP contribution in [0.25, 0.3) is 0 Å². The summed E-state index contributed by atoms with van der Waals surface area (Å²) in [4.78, 5) is 9.71. The molecule has 0 radical (unpaired) electrons. The predicted octanol–water partition coefficient (Wildman–Crippen LogP) is -0.413. The van der Waals surface area contributed by atoms with E-state index < -0.39 is 0 Å². The number of hydrogen-bond acceptors (Lipinski definition) is 1. The van der Waals surface area contributed by atoms with Gasteiger partial charge in [-0.05, 0) is 6.42 Å². The van der Waals surface area contributed by atoms with Crippen LogP contribution in [0, 0.1) is 0 Å². The Kier molecular flexibility index (Phi) is 4.83. The second-order valence-electron chi connectivity index (χ2n) is 2.48. The van der Waals surface area contributed by atoms with E-state index in [4.69, 9.17) is 11.5 Å². The van der Waals surface area contributed by atoms with Gasteiger partial charge in [0.15, 0.2) is 5.96 Å². The largest absolute Gasteiger partial charge is 0.370 e. The zero-order valence-corrected chi connectivity index (χ0v) is 7.91. The highest BCUT2D eigenvalue weighted by atomic mass is 15.3. The van der Waals surface area contributed by atoms with Crippen LogP contribution in [0.5, 0.6) is 0 Å². The molecular formula is C7H17N5. The van der Waals surface area contributed by atoms with E-state index in [1.54, 1.807) is 7.05 Å². The highest BCUT2D eigenvalue weighted by molar-refractivity contribution is 5.93.